The van der Waals surface area contributed by atoms with Crippen molar-refractivity contribution in [3.63, 3.8) is 0 Å². The second-order valence-corrected chi connectivity index (χ2v) is 9.33. The number of alkyl halides is 3. The lowest BCUT2D eigenvalue weighted by Crippen LogP contribution is -2.28. The van der Waals surface area contributed by atoms with Crippen LogP contribution in [0.25, 0.3) is 0 Å². The largest absolute Gasteiger partial charge is 0.573 e. The molecule has 0 N–H and O–H groups in total. The summed E-state index contributed by atoms with van der Waals surface area (Å²) in [7, 11) is -3.62. The lowest BCUT2D eigenvalue weighted by molar-refractivity contribution is -0.274. The molecule has 158 valence electrons. The molecule has 0 aliphatic carbocycles. The average Bonchev–Trinajstić information content (AvgIpc) is 3.18. The summed E-state index contributed by atoms with van der Waals surface area (Å²) in [6.07, 6.45) is -3.25. The van der Waals surface area contributed by atoms with Crippen LogP contribution >= 0.6 is 11.3 Å². The topological polar surface area (TPSA) is 68.7 Å². The highest BCUT2D eigenvalue weighted by Gasteiger charge is 2.31. The molecule has 1 aliphatic heterocycles. The lowest BCUT2D eigenvalue weighted by Gasteiger charge is -2.31. The number of nitrogens with zero attached hydrogens (tertiary/aromatic N) is 2. The molecule has 4 rings (SSSR count). The van der Waals surface area contributed by atoms with Crippen molar-refractivity contribution in [1.29, 1.82) is 0 Å². The molecule has 0 saturated heterocycles. The van der Waals surface area contributed by atoms with Gasteiger partial charge in [0.25, 0.3) is 0 Å². The average molecular weight is 456 g/mol. The van der Waals surface area contributed by atoms with Gasteiger partial charge in [0.2, 0.25) is 0 Å². The Labute approximate surface area is 174 Å². The molecule has 11 heteroatoms. The predicted octanol–water partition coefficient (Wildman–Crippen LogP) is 4.55. The van der Waals surface area contributed by atoms with Gasteiger partial charge >= 0.3 is 6.36 Å². The van der Waals surface area contributed by atoms with Crippen molar-refractivity contribution in [2.45, 2.75) is 17.0 Å². The summed E-state index contributed by atoms with van der Waals surface area (Å²) >= 11 is 1.25. The van der Waals surface area contributed by atoms with Crippen LogP contribution in [-0.4, -0.2) is 32.9 Å². The van der Waals surface area contributed by atoms with Gasteiger partial charge in [-0.2, -0.15) is 0 Å². The summed E-state index contributed by atoms with van der Waals surface area (Å²) in [5.74, 6) is -0.219. The van der Waals surface area contributed by atoms with E-state index in [1.54, 1.807) is 28.6 Å². The molecule has 0 amide bonds. The maximum absolute atomic E-state index is 12.7. The van der Waals surface area contributed by atoms with Gasteiger partial charge in [-0.25, -0.2) is 13.4 Å². The van der Waals surface area contributed by atoms with Gasteiger partial charge in [-0.05, 0) is 24.3 Å². The molecular formula is C19H15F3N2O4S2. The minimum absolute atomic E-state index is 0.0902. The van der Waals surface area contributed by atoms with E-state index in [0.717, 1.165) is 0 Å². The first-order valence-corrected chi connectivity index (χ1v) is 11.3. The number of halogens is 3. The number of fused-ring (bicyclic) bond motifs is 1. The number of hydrogen-bond donors (Lipinski definition) is 0. The Balaban J connectivity index is 1.63. The van der Waals surface area contributed by atoms with Gasteiger partial charge in [0.1, 0.15) is 28.9 Å². The number of thiazole rings is 1. The Morgan fingerprint density at radius 1 is 1.20 bits per heavy atom. The van der Waals surface area contributed by atoms with Crippen molar-refractivity contribution in [2.24, 2.45) is 0 Å². The minimum Gasteiger partial charge on any atom is -0.489 e. The van der Waals surface area contributed by atoms with Crippen molar-refractivity contribution in [3.8, 4) is 11.5 Å². The highest BCUT2D eigenvalue weighted by Crippen LogP contribution is 2.39. The molecule has 30 heavy (non-hydrogen) atoms. The predicted molar refractivity (Wildman–Crippen MR) is 105 cm³/mol. The molecule has 0 bridgehead atoms. The molecule has 6 nitrogen and oxygen atoms in total. The van der Waals surface area contributed by atoms with Crippen LogP contribution in [0.4, 0.5) is 24.5 Å². The standard InChI is InChI=1S/C19H15F3N2O4S2/c20-19(21,22)28-14-3-1-2-13(10-14)24-7-8-27-17-11-15(4-5-16(17)24)30(25,26)12-18-23-6-9-29-18/h1-6,9-11H,7-8,12H2. The highest BCUT2D eigenvalue weighted by atomic mass is 32.2. The van der Waals surface area contributed by atoms with E-state index < -0.39 is 16.2 Å². The van der Waals surface area contributed by atoms with E-state index in [1.807, 2.05) is 0 Å². The van der Waals surface area contributed by atoms with Crippen LogP contribution in [0.5, 0.6) is 11.5 Å². The summed E-state index contributed by atoms with van der Waals surface area (Å²) < 4.78 is 72.6. The van der Waals surface area contributed by atoms with E-state index in [0.29, 0.717) is 28.7 Å². The number of rotatable bonds is 5. The number of sulfone groups is 1. The quantitative estimate of drug-likeness (QED) is 0.561. The second-order valence-electron chi connectivity index (χ2n) is 6.36. The first-order valence-electron chi connectivity index (χ1n) is 8.73. The Hall–Kier alpha value is -2.79. The first-order chi connectivity index (χ1) is 14.2. The van der Waals surface area contributed by atoms with Gasteiger partial charge in [-0.3, -0.25) is 0 Å². The van der Waals surface area contributed by atoms with Crippen LogP contribution in [0.15, 0.2) is 58.9 Å². The Kier molecular flexibility index (Phi) is 5.33. The summed E-state index contributed by atoms with van der Waals surface area (Å²) in [5, 5.41) is 2.19. The fourth-order valence-electron chi connectivity index (χ4n) is 3.08. The van der Waals surface area contributed by atoms with Gasteiger partial charge in [-0.15, -0.1) is 24.5 Å². The van der Waals surface area contributed by atoms with Crippen LogP contribution in [0.3, 0.4) is 0 Å². The first kappa shape index (κ1) is 20.5. The van der Waals surface area contributed by atoms with Crippen LogP contribution in [0.1, 0.15) is 5.01 Å². The number of aromatic nitrogens is 1. The van der Waals surface area contributed by atoms with E-state index in [1.165, 1.54) is 41.7 Å². The molecule has 2 aromatic carbocycles. The summed E-state index contributed by atoms with van der Waals surface area (Å²) in [6, 6.07) is 10.1. The van der Waals surface area contributed by atoms with Crippen molar-refractivity contribution in [2.75, 3.05) is 18.1 Å². The third-order valence-electron chi connectivity index (χ3n) is 4.31. The van der Waals surface area contributed by atoms with E-state index in [2.05, 4.69) is 9.72 Å². The molecular weight excluding hydrogens is 441 g/mol. The van der Waals surface area contributed by atoms with Gasteiger partial charge in [0, 0.05) is 29.4 Å². The Bertz CT molecular complexity index is 1150. The molecule has 0 fully saturated rings. The molecule has 3 aromatic rings. The number of ether oxygens (including phenoxy) is 2. The van der Waals surface area contributed by atoms with E-state index in [4.69, 9.17) is 4.74 Å². The van der Waals surface area contributed by atoms with E-state index in [9.17, 15) is 21.6 Å². The van der Waals surface area contributed by atoms with Gasteiger partial charge in [0.15, 0.2) is 9.84 Å². The minimum atomic E-state index is -4.79. The Morgan fingerprint density at radius 3 is 2.77 bits per heavy atom. The molecule has 0 atom stereocenters. The van der Waals surface area contributed by atoms with Crippen molar-refractivity contribution >= 4 is 32.5 Å². The lowest BCUT2D eigenvalue weighted by atomic mass is 10.2. The van der Waals surface area contributed by atoms with Gasteiger partial charge < -0.3 is 14.4 Å². The van der Waals surface area contributed by atoms with Crippen LogP contribution in [0, 0.1) is 0 Å². The SMILES string of the molecule is O=S(=O)(Cc1nccs1)c1ccc2c(c1)OCCN2c1cccc(OC(F)(F)F)c1. The molecule has 1 aromatic heterocycles. The van der Waals surface area contributed by atoms with Gasteiger partial charge in [0.05, 0.1) is 17.1 Å². The summed E-state index contributed by atoms with van der Waals surface area (Å²) in [5.41, 5.74) is 1.03. The molecule has 0 spiro atoms. The fourth-order valence-corrected chi connectivity index (χ4v) is 5.35. The Morgan fingerprint density at radius 2 is 2.03 bits per heavy atom. The highest BCUT2D eigenvalue weighted by molar-refractivity contribution is 7.90. The zero-order valence-corrected chi connectivity index (χ0v) is 16.9. The maximum Gasteiger partial charge on any atom is 0.573 e. The normalized spacial score (nSPS) is 14.2. The van der Waals surface area contributed by atoms with Crippen LogP contribution in [0.2, 0.25) is 0 Å². The third-order valence-corrected chi connectivity index (χ3v) is 6.90. The fraction of sp³-hybridized carbons (Fsp3) is 0.211. The smallest absolute Gasteiger partial charge is 0.489 e. The van der Waals surface area contributed by atoms with E-state index >= 15 is 0 Å². The monoisotopic (exact) mass is 456 g/mol. The third kappa shape index (κ3) is 4.51. The summed E-state index contributed by atoms with van der Waals surface area (Å²) in [6.45, 7) is 0.626. The molecule has 0 radical (unpaired) electrons. The maximum atomic E-state index is 12.7. The van der Waals surface area contributed by atoms with Crippen molar-refractivity contribution in [3.05, 3.63) is 59.0 Å². The number of benzene rings is 2. The zero-order chi connectivity index (χ0) is 21.4. The number of hydrogen-bond acceptors (Lipinski definition) is 7. The zero-order valence-electron chi connectivity index (χ0n) is 15.3. The molecule has 2 heterocycles. The second kappa shape index (κ2) is 7.80. The number of anilines is 2. The summed E-state index contributed by atoms with van der Waals surface area (Å²) in [4.78, 5) is 5.85. The molecule has 0 unspecified atom stereocenters. The van der Waals surface area contributed by atoms with Crippen LogP contribution in [-0.2, 0) is 15.6 Å². The van der Waals surface area contributed by atoms with Crippen molar-refractivity contribution in [1.82, 2.24) is 4.98 Å². The van der Waals surface area contributed by atoms with Gasteiger partial charge in [-0.1, -0.05) is 6.07 Å². The van der Waals surface area contributed by atoms with Crippen molar-refractivity contribution < 1.29 is 31.1 Å². The van der Waals surface area contributed by atoms with Crippen LogP contribution < -0.4 is 14.4 Å². The van der Waals surface area contributed by atoms with E-state index in [-0.39, 0.29) is 23.0 Å². The molecule has 1 aliphatic rings. The molecule has 0 saturated carbocycles.